The number of hydrogen-bond acceptors (Lipinski definition) is 7. The maximum atomic E-state index is 14.0. The van der Waals surface area contributed by atoms with E-state index in [4.69, 9.17) is 9.15 Å². The fourth-order valence-electron chi connectivity index (χ4n) is 4.95. The molecular formula is C33H25N3O6S. The number of nitrogens with one attached hydrogen (secondary N) is 1. The summed E-state index contributed by atoms with van der Waals surface area (Å²) in [6, 6.07) is 25.5. The normalized spacial score (nSPS) is 14.7. The molecule has 0 spiro atoms. The Bertz CT molecular complexity index is 2070. The highest BCUT2D eigenvalue weighted by molar-refractivity contribution is 7.07. The number of fused-ring (bicyclic) bond motifs is 1. The molecule has 2 N–H and O–H groups in total. The number of amides is 1. The van der Waals surface area contributed by atoms with Gasteiger partial charge in [0.05, 0.1) is 34.5 Å². The second-order valence-corrected chi connectivity index (χ2v) is 10.8. The molecule has 0 radical (unpaired) electrons. The first-order valence-corrected chi connectivity index (χ1v) is 14.1. The molecular weight excluding hydrogens is 566 g/mol. The quantitative estimate of drug-likeness (QED) is 0.279. The average molecular weight is 592 g/mol. The van der Waals surface area contributed by atoms with Gasteiger partial charge < -0.3 is 19.6 Å². The summed E-state index contributed by atoms with van der Waals surface area (Å²) in [7, 11) is 1.57. The number of nitrogens with zero attached hydrogens (tertiary/aromatic N) is 2. The number of anilines is 1. The van der Waals surface area contributed by atoms with Gasteiger partial charge in [-0.15, -0.1) is 0 Å². The number of carboxylic acid groups (broad SMARTS) is 1. The first-order chi connectivity index (χ1) is 20.8. The molecule has 0 aliphatic carbocycles. The van der Waals surface area contributed by atoms with Gasteiger partial charge in [0.1, 0.15) is 17.3 Å². The Morgan fingerprint density at radius 1 is 1.02 bits per heavy atom. The van der Waals surface area contributed by atoms with Crippen molar-refractivity contribution in [3.8, 4) is 17.1 Å². The summed E-state index contributed by atoms with van der Waals surface area (Å²) in [5, 5.41) is 12.3. The lowest BCUT2D eigenvalue weighted by atomic mass is 9.95. The minimum absolute atomic E-state index is 0.143. The van der Waals surface area contributed by atoms with E-state index in [1.165, 1.54) is 28.0 Å². The number of ether oxygens (including phenoxy) is 1. The number of thiazole rings is 1. The third kappa shape index (κ3) is 5.43. The topological polar surface area (TPSA) is 123 Å². The van der Waals surface area contributed by atoms with Crippen LogP contribution in [0.5, 0.6) is 5.75 Å². The highest BCUT2D eigenvalue weighted by atomic mass is 32.1. The molecule has 2 aromatic heterocycles. The SMILES string of the molecule is COc1ccc([C@@H]2C(C(=O)Nc3ccccc3)=C(C)N=c3s/c(=C/c4ccc(-c5cccc(C(=O)O)c5)o4)c(=O)n32)cc1. The zero-order valence-corrected chi connectivity index (χ0v) is 23.9. The largest absolute Gasteiger partial charge is 0.497 e. The molecule has 10 heteroatoms. The molecule has 3 heterocycles. The van der Waals surface area contributed by atoms with E-state index in [-0.39, 0.29) is 17.0 Å². The van der Waals surface area contributed by atoms with Crippen molar-refractivity contribution in [1.29, 1.82) is 0 Å². The number of carbonyl (C=O) groups is 2. The number of furan rings is 1. The second kappa shape index (κ2) is 11.4. The summed E-state index contributed by atoms with van der Waals surface area (Å²) in [4.78, 5) is 44.1. The molecule has 1 atom stereocenters. The maximum absolute atomic E-state index is 14.0. The van der Waals surface area contributed by atoms with Crippen LogP contribution in [0.3, 0.4) is 0 Å². The van der Waals surface area contributed by atoms with E-state index < -0.39 is 12.0 Å². The molecule has 1 aliphatic heterocycles. The van der Waals surface area contributed by atoms with Crippen LogP contribution >= 0.6 is 11.3 Å². The standard InChI is InChI=1S/C33H25N3O6S/c1-19-28(30(37)35-23-9-4-3-5-10-23)29(20-11-13-24(41-2)14-12-20)36-31(38)27(43-33(36)34-19)18-25-15-16-26(42-25)21-7-6-8-22(17-21)32(39)40/h3-18,29H,1-2H3,(H,35,37)(H,39,40)/b27-18+/t29-/m1/s1. The number of para-hydroxylation sites is 1. The number of rotatable bonds is 7. The average Bonchev–Trinajstić information content (AvgIpc) is 3.61. The molecule has 0 unspecified atom stereocenters. The highest BCUT2D eigenvalue weighted by Gasteiger charge is 2.32. The Morgan fingerprint density at radius 3 is 2.51 bits per heavy atom. The lowest BCUT2D eigenvalue weighted by molar-refractivity contribution is -0.113. The summed E-state index contributed by atoms with van der Waals surface area (Å²) in [5.41, 5.74) is 2.62. The van der Waals surface area contributed by atoms with Crippen LogP contribution in [0.25, 0.3) is 17.4 Å². The Balaban J connectivity index is 1.43. The molecule has 0 bridgehead atoms. The molecule has 9 nitrogen and oxygen atoms in total. The smallest absolute Gasteiger partial charge is 0.335 e. The van der Waals surface area contributed by atoms with Crippen molar-refractivity contribution in [2.45, 2.75) is 13.0 Å². The third-order valence-electron chi connectivity index (χ3n) is 7.02. The molecule has 1 aliphatic rings. The van der Waals surface area contributed by atoms with Gasteiger partial charge in [-0.3, -0.25) is 14.2 Å². The molecule has 43 heavy (non-hydrogen) atoms. The third-order valence-corrected chi connectivity index (χ3v) is 8.01. The van der Waals surface area contributed by atoms with E-state index in [0.29, 0.717) is 49.1 Å². The van der Waals surface area contributed by atoms with Gasteiger partial charge in [-0.1, -0.05) is 53.8 Å². The molecule has 214 valence electrons. The number of hydrogen-bond donors (Lipinski definition) is 2. The molecule has 1 amide bonds. The van der Waals surface area contributed by atoms with Crippen LogP contribution in [0.2, 0.25) is 0 Å². The van der Waals surface area contributed by atoms with Crippen molar-refractivity contribution in [1.82, 2.24) is 4.57 Å². The van der Waals surface area contributed by atoms with E-state index >= 15 is 0 Å². The number of aromatic nitrogens is 1. The predicted molar refractivity (Wildman–Crippen MR) is 163 cm³/mol. The first kappa shape index (κ1) is 27.7. The van der Waals surface area contributed by atoms with Crippen LogP contribution in [0.4, 0.5) is 5.69 Å². The van der Waals surface area contributed by atoms with Gasteiger partial charge >= 0.3 is 5.97 Å². The minimum atomic E-state index is -1.03. The number of aromatic carboxylic acids is 1. The van der Waals surface area contributed by atoms with Gasteiger partial charge in [0.2, 0.25) is 0 Å². The van der Waals surface area contributed by atoms with E-state index in [9.17, 15) is 19.5 Å². The fourth-order valence-corrected chi connectivity index (χ4v) is 5.98. The predicted octanol–water partition coefficient (Wildman–Crippen LogP) is 4.84. The van der Waals surface area contributed by atoms with Crippen LogP contribution < -0.4 is 24.9 Å². The van der Waals surface area contributed by atoms with Crippen molar-refractivity contribution in [2.75, 3.05) is 12.4 Å². The van der Waals surface area contributed by atoms with Crippen molar-refractivity contribution in [2.24, 2.45) is 4.99 Å². The lowest BCUT2D eigenvalue weighted by Gasteiger charge is -2.25. The Labute approximate surface area is 249 Å². The monoisotopic (exact) mass is 591 g/mol. The Hall–Kier alpha value is -5.48. The summed E-state index contributed by atoms with van der Waals surface area (Å²) >= 11 is 1.20. The lowest BCUT2D eigenvalue weighted by Crippen LogP contribution is -2.40. The van der Waals surface area contributed by atoms with Crippen molar-refractivity contribution >= 4 is 35.0 Å². The fraction of sp³-hybridized carbons (Fsp3) is 0.0909. The molecule has 0 saturated carbocycles. The molecule has 3 aromatic carbocycles. The van der Waals surface area contributed by atoms with Crippen LogP contribution in [-0.4, -0.2) is 28.7 Å². The van der Waals surface area contributed by atoms with E-state index in [1.54, 1.807) is 68.6 Å². The number of carboxylic acids is 1. The molecule has 6 rings (SSSR count). The van der Waals surface area contributed by atoms with E-state index in [1.807, 2.05) is 30.3 Å². The Morgan fingerprint density at radius 2 is 1.79 bits per heavy atom. The van der Waals surface area contributed by atoms with E-state index in [2.05, 4.69) is 10.3 Å². The van der Waals surface area contributed by atoms with Gasteiger partial charge in [0.15, 0.2) is 4.80 Å². The van der Waals surface area contributed by atoms with Gasteiger partial charge in [-0.25, -0.2) is 9.79 Å². The first-order valence-electron chi connectivity index (χ1n) is 13.3. The van der Waals surface area contributed by atoms with Gasteiger partial charge in [0.25, 0.3) is 11.5 Å². The molecule has 0 fully saturated rings. The number of methoxy groups -OCH3 is 1. The summed E-state index contributed by atoms with van der Waals surface area (Å²) < 4.78 is 13.2. The van der Waals surface area contributed by atoms with Crippen LogP contribution in [0.15, 0.2) is 116 Å². The number of benzene rings is 3. The highest BCUT2D eigenvalue weighted by Crippen LogP contribution is 2.32. The molecule has 0 saturated heterocycles. The van der Waals surface area contributed by atoms with Gasteiger partial charge in [0, 0.05) is 17.3 Å². The van der Waals surface area contributed by atoms with Crippen LogP contribution in [0, 0.1) is 0 Å². The van der Waals surface area contributed by atoms with Crippen LogP contribution in [0.1, 0.15) is 34.6 Å². The zero-order valence-electron chi connectivity index (χ0n) is 23.1. The second-order valence-electron chi connectivity index (χ2n) is 9.76. The van der Waals surface area contributed by atoms with Gasteiger partial charge in [-0.2, -0.15) is 0 Å². The zero-order chi connectivity index (χ0) is 30.1. The van der Waals surface area contributed by atoms with Gasteiger partial charge in [-0.05, 0) is 61.0 Å². The Kier molecular flexibility index (Phi) is 7.35. The van der Waals surface area contributed by atoms with Crippen LogP contribution in [-0.2, 0) is 4.79 Å². The molecule has 5 aromatic rings. The minimum Gasteiger partial charge on any atom is -0.497 e. The number of allylic oxidation sites excluding steroid dienone is 1. The number of carbonyl (C=O) groups excluding carboxylic acids is 1. The maximum Gasteiger partial charge on any atom is 0.335 e. The summed E-state index contributed by atoms with van der Waals surface area (Å²) in [6.07, 6.45) is 1.63. The van der Waals surface area contributed by atoms with Crippen molar-refractivity contribution < 1.29 is 23.8 Å². The van der Waals surface area contributed by atoms with Crippen molar-refractivity contribution in [3.63, 3.8) is 0 Å². The summed E-state index contributed by atoms with van der Waals surface area (Å²) in [6.45, 7) is 1.76. The van der Waals surface area contributed by atoms with Crippen molar-refractivity contribution in [3.05, 3.63) is 139 Å². The van der Waals surface area contributed by atoms with E-state index in [0.717, 1.165) is 5.56 Å². The summed E-state index contributed by atoms with van der Waals surface area (Å²) in [5.74, 6) is 0.137.